The highest BCUT2D eigenvalue weighted by Gasteiger charge is 2.14. The Morgan fingerprint density at radius 1 is 1.47 bits per heavy atom. The van der Waals surface area contributed by atoms with Crippen LogP contribution in [-0.2, 0) is 0 Å². The van der Waals surface area contributed by atoms with Gasteiger partial charge in [0.2, 0.25) is 0 Å². The van der Waals surface area contributed by atoms with Gasteiger partial charge in [-0.25, -0.2) is 4.39 Å². The minimum absolute atomic E-state index is 0.0978. The molecule has 0 nitrogen and oxygen atoms in total. The van der Waals surface area contributed by atoms with Gasteiger partial charge in [-0.3, -0.25) is 0 Å². The molecule has 2 aliphatic rings. The molecule has 0 spiro atoms. The highest BCUT2D eigenvalue weighted by atomic mass is 32.2. The van der Waals surface area contributed by atoms with E-state index in [1.54, 1.807) is 23.9 Å². The van der Waals surface area contributed by atoms with Crippen LogP contribution < -0.4 is 0 Å². The number of hydrogen-bond acceptors (Lipinski definition) is 1. The second-order valence-corrected chi connectivity index (χ2v) is 5.22. The monoisotopic (exact) mass is 248 g/mol. The van der Waals surface area contributed by atoms with Crippen LogP contribution >= 0.6 is 11.8 Å². The number of allylic oxidation sites excluding steroid dienone is 9. The van der Waals surface area contributed by atoms with Crippen molar-refractivity contribution in [1.82, 2.24) is 0 Å². The van der Waals surface area contributed by atoms with E-state index in [4.69, 9.17) is 0 Å². The summed E-state index contributed by atoms with van der Waals surface area (Å²) in [4.78, 5) is 1.44. The summed E-state index contributed by atoms with van der Waals surface area (Å²) in [6.07, 6.45) is 14.7. The van der Waals surface area contributed by atoms with Crippen molar-refractivity contribution in [1.29, 1.82) is 0 Å². The molecule has 2 heteroatoms. The summed E-state index contributed by atoms with van der Waals surface area (Å²) in [6.45, 7) is 1.89. The largest absolute Gasteiger partial charge is 0.207 e. The van der Waals surface area contributed by atoms with Gasteiger partial charge in [-0.1, -0.05) is 30.4 Å². The summed E-state index contributed by atoms with van der Waals surface area (Å²) in [5, 5.41) is 0. The normalized spacial score (nSPS) is 21.5. The van der Waals surface area contributed by atoms with Crippen LogP contribution in [0.2, 0.25) is 0 Å². The van der Waals surface area contributed by atoms with Gasteiger partial charge in [0, 0.05) is 5.75 Å². The minimum atomic E-state index is -0.0978. The molecule has 0 N–H and O–H groups in total. The Hall–Kier alpha value is -1.02. The SMILES string of the molecule is C/C=C\C=C(\F)C1=CCC2=C(CCC=C2)SC1. The lowest BCUT2D eigenvalue weighted by atomic mass is 10.0. The second-order valence-electron chi connectivity index (χ2n) is 4.15. The summed E-state index contributed by atoms with van der Waals surface area (Å²) >= 11 is 1.79. The summed E-state index contributed by atoms with van der Waals surface area (Å²) in [6, 6.07) is 0. The fourth-order valence-corrected chi connectivity index (χ4v) is 3.14. The molecule has 0 saturated carbocycles. The molecule has 1 aliphatic carbocycles. The Morgan fingerprint density at radius 3 is 3.18 bits per heavy atom. The fourth-order valence-electron chi connectivity index (χ4n) is 1.95. The predicted octanol–water partition coefficient (Wildman–Crippen LogP) is 5.08. The topological polar surface area (TPSA) is 0 Å². The van der Waals surface area contributed by atoms with E-state index in [1.807, 2.05) is 19.1 Å². The number of thioether (sulfide) groups is 1. The quantitative estimate of drug-likeness (QED) is 0.614. The van der Waals surface area contributed by atoms with Crippen LogP contribution in [0.4, 0.5) is 4.39 Å². The molecule has 0 aromatic rings. The molecule has 0 aromatic heterocycles. The van der Waals surface area contributed by atoms with Crippen LogP contribution in [-0.4, -0.2) is 5.75 Å². The van der Waals surface area contributed by atoms with Crippen molar-refractivity contribution in [3.05, 3.63) is 58.3 Å². The number of hydrogen-bond donors (Lipinski definition) is 0. The Kier molecular flexibility index (Phi) is 4.43. The Bertz CT molecular complexity index is 436. The molecule has 0 radical (unpaired) electrons. The van der Waals surface area contributed by atoms with Crippen molar-refractivity contribution in [2.75, 3.05) is 5.75 Å². The summed E-state index contributed by atoms with van der Waals surface area (Å²) in [5.74, 6) is 0.659. The predicted molar refractivity (Wildman–Crippen MR) is 74.6 cm³/mol. The summed E-state index contributed by atoms with van der Waals surface area (Å²) < 4.78 is 13.8. The van der Waals surface area contributed by atoms with Gasteiger partial charge in [0.05, 0.1) is 0 Å². The minimum Gasteiger partial charge on any atom is -0.207 e. The van der Waals surface area contributed by atoms with Crippen molar-refractivity contribution in [3.63, 3.8) is 0 Å². The van der Waals surface area contributed by atoms with Crippen LogP contribution in [0.1, 0.15) is 26.2 Å². The first-order chi connectivity index (χ1) is 8.31. The van der Waals surface area contributed by atoms with Gasteiger partial charge in [0.1, 0.15) is 5.83 Å². The van der Waals surface area contributed by atoms with Crippen LogP contribution in [0.5, 0.6) is 0 Å². The van der Waals surface area contributed by atoms with Crippen LogP contribution in [0.25, 0.3) is 0 Å². The van der Waals surface area contributed by atoms with E-state index >= 15 is 0 Å². The van der Waals surface area contributed by atoms with E-state index in [-0.39, 0.29) is 5.83 Å². The first-order valence-electron chi connectivity index (χ1n) is 6.00. The van der Waals surface area contributed by atoms with Crippen LogP contribution in [0.15, 0.2) is 58.3 Å². The molecule has 1 aliphatic heterocycles. The molecule has 1 heterocycles. The van der Waals surface area contributed by atoms with Gasteiger partial charge in [0.25, 0.3) is 0 Å². The average molecular weight is 248 g/mol. The third kappa shape index (κ3) is 3.22. The third-order valence-corrected chi connectivity index (χ3v) is 4.20. The Labute approximate surface area is 107 Å². The molecule has 0 fully saturated rings. The maximum absolute atomic E-state index is 13.8. The zero-order valence-corrected chi connectivity index (χ0v) is 10.9. The van der Waals surface area contributed by atoms with Crippen molar-refractivity contribution in [2.24, 2.45) is 0 Å². The molecule has 0 saturated heterocycles. The average Bonchev–Trinajstić information content (AvgIpc) is 2.58. The first kappa shape index (κ1) is 12.4. The van der Waals surface area contributed by atoms with E-state index in [0.29, 0.717) is 0 Å². The van der Waals surface area contributed by atoms with Gasteiger partial charge >= 0.3 is 0 Å². The highest BCUT2D eigenvalue weighted by Crippen LogP contribution is 2.36. The smallest absolute Gasteiger partial charge is 0.126 e. The summed E-state index contributed by atoms with van der Waals surface area (Å²) in [5.41, 5.74) is 2.20. The molecule has 0 atom stereocenters. The van der Waals surface area contributed by atoms with Gasteiger partial charge in [-0.15, -0.1) is 11.8 Å². The van der Waals surface area contributed by atoms with Crippen LogP contribution in [0, 0.1) is 0 Å². The van der Waals surface area contributed by atoms with Gasteiger partial charge in [0.15, 0.2) is 0 Å². The molecular formula is C15H17FS. The van der Waals surface area contributed by atoms with Crippen molar-refractivity contribution >= 4 is 11.8 Å². The molecule has 0 aromatic carbocycles. The molecular weight excluding hydrogens is 231 g/mol. The molecule has 2 rings (SSSR count). The highest BCUT2D eigenvalue weighted by molar-refractivity contribution is 8.03. The van der Waals surface area contributed by atoms with Crippen LogP contribution in [0.3, 0.4) is 0 Å². The van der Waals surface area contributed by atoms with E-state index < -0.39 is 0 Å². The molecule has 0 bridgehead atoms. The Balaban J connectivity index is 2.11. The second kappa shape index (κ2) is 6.06. The van der Waals surface area contributed by atoms with Crippen molar-refractivity contribution < 1.29 is 4.39 Å². The van der Waals surface area contributed by atoms with Crippen molar-refractivity contribution in [2.45, 2.75) is 26.2 Å². The fraction of sp³-hybridized carbons (Fsp3) is 0.333. The van der Waals surface area contributed by atoms with Gasteiger partial charge in [-0.2, -0.15) is 0 Å². The lowest BCUT2D eigenvalue weighted by molar-refractivity contribution is 0.652. The molecule has 0 unspecified atom stereocenters. The lowest BCUT2D eigenvalue weighted by Crippen LogP contribution is -1.90. The number of halogens is 1. The third-order valence-electron chi connectivity index (χ3n) is 2.93. The van der Waals surface area contributed by atoms with E-state index in [1.165, 1.54) is 10.5 Å². The zero-order chi connectivity index (χ0) is 12.1. The van der Waals surface area contributed by atoms with Gasteiger partial charge in [-0.05, 0) is 48.3 Å². The zero-order valence-electron chi connectivity index (χ0n) is 10.1. The molecule has 0 amide bonds. The summed E-state index contributed by atoms with van der Waals surface area (Å²) in [7, 11) is 0. The lowest BCUT2D eigenvalue weighted by Gasteiger charge is -2.11. The van der Waals surface area contributed by atoms with Gasteiger partial charge < -0.3 is 0 Å². The van der Waals surface area contributed by atoms with E-state index in [9.17, 15) is 4.39 Å². The Morgan fingerprint density at radius 2 is 2.35 bits per heavy atom. The van der Waals surface area contributed by atoms with E-state index in [0.717, 1.165) is 30.6 Å². The van der Waals surface area contributed by atoms with Crippen molar-refractivity contribution in [3.8, 4) is 0 Å². The maximum Gasteiger partial charge on any atom is 0.126 e. The standard InChI is InChI=1S/C15H17FS/c1-2-3-7-14(16)13-10-9-12-6-4-5-8-15(12)17-11-13/h2-4,6-7,10H,5,8-9,11H2,1H3/b3-2-,14-7+. The van der Waals surface area contributed by atoms with E-state index in [2.05, 4.69) is 12.2 Å². The number of rotatable bonds is 2. The first-order valence-corrected chi connectivity index (χ1v) is 6.99. The molecule has 90 valence electrons. The maximum atomic E-state index is 13.8. The molecule has 17 heavy (non-hydrogen) atoms.